The minimum atomic E-state index is -0.145. The molecule has 0 saturated carbocycles. The molecule has 0 unspecified atom stereocenters. The summed E-state index contributed by atoms with van der Waals surface area (Å²) in [4.78, 5) is 24.4. The highest BCUT2D eigenvalue weighted by Gasteiger charge is 2.33. The van der Waals surface area contributed by atoms with E-state index in [-0.39, 0.29) is 17.9 Å². The van der Waals surface area contributed by atoms with Crippen LogP contribution in [0.15, 0.2) is 30.3 Å². The normalized spacial score (nSPS) is 18.3. The molecule has 2 rings (SSSR count). The van der Waals surface area contributed by atoms with Crippen LogP contribution in [0.2, 0.25) is 0 Å². The lowest BCUT2D eigenvalue weighted by molar-refractivity contribution is -0.140. The summed E-state index contributed by atoms with van der Waals surface area (Å²) < 4.78 is 0. The second-order valence-electron chi connectivity index (χ2n) is 3.74. The molecule has 1 aromatic carbocycles. The summed E-state index contributed by atoms with van der Waals surface area (Å²) in [5.41, 5.74) is 1.00. The van der Waals surface area contributed by atoms with Crippen molar-refractivity contribution in [3.63, 3.8) is 0 Å². The Morgan fingerprint density at radius 2 is 1.60 bits per heavy atom. The molecule has 0 spiro atoms. The number of likely N-dealkylation sites (tertiary alicyclic amines) is 1. The highest BCUT2D eigenvalue weighted by atomic mass is 16.2. The predicted octanol–water partition coefficient (Wildman–Crippen LogP) is 1.90. The van der Waals surface area contributed by atoms with Crippen molar-refractivity contribution in [1.82, 2.24) is 4.90 Å². The average molecular weight is 203 g/mol. The third kappa shape index (κ3) is 1.77. The molecule has 2 amide bonds. The number of imide groups is 1. The summed E-state index contributed by atoms with van der Waals surface area (Å²) >= 11 is 0. The van der Waals surface area contributed by atoms with Crippen LogP contribution >= 0.6 is 0 Å². The SMILES string of the molecule is C[C@@H](c1ccccc1)N1C(=O)CCC1=O. The molecule has 1 aliphatic rings. The van der Waals surface area contributed by atoms with E-state index in [1.165, 1.54) is 4.90 Å². The number of hydrogen-bond acceptors (Lipinski definition) is 2. The molecule has 1 fully saturated rings. The standard InChI is InChI=1S/C12H13NO2/c1-9(10-5-3-2-4-6-10)13-11(14)7-8-12(13)15/h2-6,9H,7-8H2,1H3/t9-/m0/s1. The van der Waals surface area contributed by atoms with E-state index in [4.69, 9.17) is 0 Å². The second-order valence-corrected chi connectivity index (χ2v) is 3.74. The van der Waals surface area contributed by atoms with Gasteiger partial charge >= 0.3 is 0 Å². The Kier molecular flexibility index (Phi) is 2.54. The molecule has 0 radical (unpaired) electrons. The monoisotopic (exact) mass is 203 g/mol. The first-order valence-electron chi connectivity index (χ1n) is 5.10. The molecular weight excluding hydrogens is 190 g/mol. The fraction of sp³-hybridized carbons (Fsp3) is 0.333. The third-order valence-corrected chi connectivity index (χ3v) is 2.76. The van der Waals surface area contributed by atoms with Gasteiger partial charge in [-0.3, -0.25) is 14.5 Å². The van der Waals surface area contributed by atoms with Crippen molar-refractivity contribution in [3.8, 4) is 0 Å². The largest absolute Gasteiger partial charge is 0.275 e. The van der Waals surface area contributed by atoms with Crippen molar-refractivity contribution >= 4 is 11.8 Å². The van der Waals surface area contributed by atoms with Gasteiger partial charge < -0.3 is 0 Å². The zero-order valence-corrected chi connectivity index (χ0v) is 8.64. The number of amides is 2. The summed E-state index contributed by atoms with van der Waals surface area (Å²) in [6.07, 6.45) is 0.714. The maximum Gasteiger partial charge on any atom is 0.230 e. The van der Waals surface area contributed by atoms with Gasteiger partial charge in [0.1, 0.15) is 0 Å². The molecule has 1 heterocycles. The molecule has 0 aromatic heterocycles. The van der Waals surface area contributed by atoms with E-state index < -0.39 is 0 Å². The lowest BCUT2D eigenvalue weighted by Crippen LogP contribution is -2.31. The summed E-state index contributed by atoms with van der Waals surface area (Å²) in [5, 5.41) is 0. The Balaban J connectivity index is 2.24. The zero-order chi connectivity index (χ0) is 10.8. The molecule has 1 atom stereocenters. The Hall–Kier alpha value is -1.64. The molecule has 3 nitrogen and oxygen atoms in total. The lowest BCUT2D eigenvalue weighted by atomic mass is 10.1. The van der Waals surface area contributed by atoms with Crippen molar-refractivity contribution < 1.29 is 9.59 Å². The zero-order valence-electron chi connectivity index (χ0n) is 8.64. The van der Waals surface area contributed by atoms with Crippen LogP contribution in [0.1, 0.15) is 31.4 Å². The van der Waals surface area contributed by atoms with Crippen LogP contribution in [0.3, 0.4) is 0 Å². The van der Waals surface area contributed by atoms with Crippen LogP contribution in [0.4, 0.5) is 0 Å². The van der Waals surface area contributed by atoms with E-state index in [1.54, 1.807) is 0 Å². The van der Waals surface area contributed by atoms with Crippen molar-refractivity contribution in [2.75, 3.05) is 0 Å². The van der Waals surface area contributed by atoms with Crippen LogP contribution in [0.25, 0.3) is 0 Å². The maximum atomic E-state index is 11.5. The van der Waals surface area contributed by atoms with E-state index >= 15 is 0 Å². The Labute approximate surface area is 88.7 Å². The fourth-order valence-corrected chi connectivity index (χ4v) is 1.91. The second kappa shape index (κ2) is 3.85. The summed E-state index contributed by atoms with van der Waals surface area (Å²) in [6, 6.07) is 9.47. The molecule has 0 N–H and O–H groups in total. The van der Waals surface area contributed by atoms with Crippen molar-refractivity contribution in [1.29, 1.82) is 0 Å². The Morgan fingerprint density at radius 1 is 1.07 bits per heavy atom. The average Bonchev–Trinajstić information content (AvgIpc) is 2.59. The van der Waals surface area contributed by atoms with Gasteiger partial charge in [0.2, 0.25) is 11.8 Å². The van der Waals surface area contributed by atoms with Crippen molar-refractivity contribution in [2.45, 2.75) is 25.8 Å². The first-order chi connectivity index (χ1) is 7.20. The highest BCUT2D eigenvalue weighted by molar-refractivity contribution is 6.02. The topological polar surface area (TPSA) is 37.4 Å². The molecule has 78 valence electrons. The van der Waals surface area contributed by atoms with Gasteiger partial charge in [-0.1, -0.05) is 30.3 Å². The maximum absolute atomic E-state index is 11.5. The van der Waals surface area contributed by atoms with Crippen LogP contribution in [-0.4, -0.2) is 16.7 Å². The Bertz CT molecular complexity index is 370. The van der Waals surface area contributed by atoms with Gasteiger partial charge in [-0.15, -0.1) is 0 Å². The van der Waals surface area contributed by atoms with Gasteiger partial charge in [0, 0.05) is 12.8 Å². The van der Waals surface area contributed by atoms with Gasteiger partial charge in [0.25, 0.3) is 0 Å². The number of benzene rings is 1. The van der Waals surface area contributed by atoms with Crippen molar-refractivity contribution in [3.05, 3.63) is 35.9 Å². The van der Waals surface area contributed by atoms with Gasteiger partial charge in [0.15, 0.2) is 0 Å². The molecule has 3 heteroatoms. The summed E-state index contributed by atoms with van der Waals surface area (Å²) in [6.45, 7) is 1.89. The molecule has 1 saturated heterocycles. The fourth-order valence-electron chi connectivity index (χ4n) is 1.91. The Morgan fingerprint density at radius 3 is 2.13 bits per heavy atom. The molecule has 0 aliphatic carbocycles. The summed E-state index contributed by atoms with van der Waals surface area (Å²) in [7, 11) is 0. The quantitative estimate of drug-likeness (QED) is 0.688. The molecule has 1 aliphatic heterocycles. The van der Waals surface area contributed by atoms with E-state index in [0.29, 0.717) is 12.8 Å². The van der Waals surface area contributed by atoms with E-state index in [1.807, 2.05) is 37.3 Å². The van der Waals surface area contributed by atoms with E-state index in [0.717, 1.165) is 5.56 Å². The molecule has 15 heavy (non-hydrogen) atoms. The van der Waals surface area contributed by atoms with Gasteiger partial charge in [-0.2, -0.15) is 0 Å². The first-order valence-corrected chi connectivity index (χ1v) is 5.10. The van der Waals surface area contributed by atoms with E-state index in [9.17, 15) is 9.59 Å². The lowest BCUT2D eigenvalue weighted by Gasteiger charge is -2.22. The van der Waals surface area contributed by atoms with Gasteiger partial charge in [-0.25, -0.2) is 0 Å². The highest BCUT2D eigenvalue weighted by Crippen LogP contribution is 2.25. The predicted molar refractivity (Wildman–Crippen MR) is 55.9 cm³/mol. The minimum absolute atomic E-state index is 0.0589. The minimum Gasteiger partial charge on any atom is -0.275 e. The number of hydrogen-bond donors (Lipinski definition) is 0. The number of nitrogens with zero attached hydrogens (tertiary/aromatic N) is 1. The number of carbonyl (C=O) groups excluding carboxylic acids is 2. The van der Waals surface area contributed by atoms with Crippen LogP contribution in [0, 0.1) is 0 Å². The number of carbonyl (C=O) groups is 2. The van der Waals surface area contributed by atoms with Crippen molar-refractivity contribution in [2.24, 2.45) is 0 Å². The third-order valence-electron chi connectivity index (χ3n) is 2.76. The molecular formula is C12H13NO2. The summed E-state index contributed by atoms with van der Waals surface area (Å²) in [5.74, 6) is -0.118. The van der Waals surface area contributed by atoms with Gasteiger partial charge in [-0.05, 0) is 12.5 Å². The number of rotatable bonds is 2. The molecule has 0 bridgehead atoms. The van der Waals surface area contributed by atoms with Crippen LogP contribution in [0.5, 0.6) is 0 Å². The van der Waals surface area contributed by atoms with Crippen LogP contribution in [-0.2, 0) is 9.59 Å². The van der Waals surface area contributed by atoms with Crippen LogP contribution < -0.4 is 0 Å². The smallest absolute Gasteiger partial charge is 0.230 e. The first kappa shape index (κ1) is 9.90. The van der Waals surface area contributed by atoms with E-state index in [2.05, 4.69) is 0 Å². The van der Waals surface area contributed by atoms with Gasteiger partial charge in [0.05, 0.1) is 6.04 Å². The molecule has 1 aromatic rings.